The second-order valence-corrected chi connectivity index (χ2v) is 10.6. The van der Waals surface area contributed by atoms with Crippen molar-refractivity contribution in [3.05, 3.63) is 58.1 Å². The van der Waals surface area contributed by atoms with Crippen LogP contribution in [0.25, 0.3) is 15.8 Å². The van der Waals surface area contributed by atoms with Gasteiger partial charge in [-0.3, -0.25) is 0 Å². The van der Waals surface area contributed by atoms with Gasteiger partial charge >= 0.3 is 0 Å². The minimum Gasteiger partial charge on any atom is -1.00 e. The number of aryl methyl sites for hydroxylation is 1. The van der Waals surface area contributed by atoms with Gasteiger partial charge in [0.05, 0.1) is 48.8 Å². The van der Waals surface area contributed by atoms with Gasteiger partial charge in [-0.1, -0.05) is 23.1 Å². The summed E-state index contributed by atoms with van der Waals surface area (Å²) in [5.41, 5.74) is 5.16. The molecule has 0 fully saturated rings. The number of methoxy groups -OCH3 is 2. The third-order valence-corrected chi connectivity index (χ3v) is 9.30. The number of fused-ring (bicyclic) bond motifs is 9. The molecule has 0 amide bonds. The lowest BCUT2D eigenvalue weighted by molar-refractivity contribution is -0.674. The fourth-order valence-electron chi connectivity index (χ4n) is 5.29. The van der Waals surface area contributed by atoms with Crippen LogP contribution in [0.15, 0.2) is 58.0 Å². The van der Waals surface area contributed by atoms with Gasteiger partial charge in [0.15, 0.2) is 6.54 Å². The molecule has 0 N–H and O–H groups in total. The van der Waals surface area contributed by atoms with Gasteiger partial charge in [-0.15, -0.1) is 0 Å². The average Bonchev–Trinajstić information content (AvgIpc) is 3.40. The second-order valence-electron chi connectivity index (χ2n) is 8.53. The number of benzene rings is 2. The molecule has 3 aromatic rings. The van der Waals surface area contributed by atoms with Crippen molar-refractivity contribution in [2.75, 3.05) is 25.7 Å². The molecule has 2 aromatic carbocycles. The van der Waals surface area contributed by atoms with Crippen LogP contribution in [0.1, 0.15) is 17.8 Å². The lowest BCUT2D eigenvalue weighted by atomic mass is 9.92. The summed E-state index contributed by atoms with van der Waals surface area (Å²) in [6.07, 6.45) is 4.83. The number of thioether (sulfide) groups is 1. The minimum absolute atomic E-state index is 0. The Hall–Kier alpha value is -1.75. The van der Waals surface area contributed by atoms with E-state index in [0.29, 0.717) is 0 Å². The lowest BCUT2D eigenvalue weighted by Crippen LogP contribution is -3.00. The number of anilines is 1. The third-order valence-electron chi connectivity index (χ3n) is 6.87. The van der Waals surface area contributed by atoms with Crippen LogP contribution in [0, 0.1) is 0 Å². The summed E-state index contributed by atoms with van der Waals surface area (Å²) < 4.78 is 21.4. The predicted molar refractivity (Wildman–Crippen MR) is 128 cm³/mol. The Bertz CT molecular complexity index is 1350. The largest absolute Gasteiger partial charge is 1.00 e. The van der Waals surface area contributed by atoms with Crippen LogP contribution in [0.5, 0.6) is 11.5 Å². The van der Waals surface area contributed by atoms with Crippen molar-refractivity contribution in [3.63, 3.8) is 0 Å². The summed E-state index contributed by atoms with van der Waals surface area (Å²) in [6, 6.07) is 12.8. The summed E-state index contributed by atoms with van der Waals surface area (Å²) >= 11 is 3.72. The van der Waals surface area contributed by atoms with Crippen molar-refractivity contribution in [1.29, 1.82) is 0 Å². The highest BCUT2D eigenvalue weighted by molar-refractivity contribution is 8.03. The van der Waals surface area contributed by atoms with Crippen LogP contribution in [0.2, 0.25) is 0 Å². The SMILES string of the molecule is COc1ccc2c(c1)N1CCC3OC4CC[n+]5c(sc6ccc(OC)cc65)C4=CC3=C1S2.[I-]. The van der Waals surface area contributed by atoms with Crippen LogP contribution >= 0.6 is 23.1 Å². The molecular weight excluding hydrogens is 567 g/mol. The first kappa shape index (κ1) is 21.8. The number of aromatic nitrogens is 1. The van der Waals surface area contributed by atoms with Crippen molar-refractivity contribution >= 4 is 44.6 Å². The van der Waals surface area contributed by atoms with Gasteiger partial charge in [-0.05, 0) is 36.8 Å². The number of ether oxygens (including phenoxy) is 3. The van der Waals surface area contributed by atoms with Crippen molar-refractivity contribution in [1.82, 2.24) is 0 Å². The molecule has 7 rings (SSSR count). The Balaban J connectivity index is 0.00000206. The zero-order valence-corrected chi connectivity index (χ0v) is 22.1. The lowest BCUT2D eigenvalue weighted by Gasteiger charge is -2.38. The zero-order valence-electron chi connectivity index (χ0n) is 18.3. The molecule has 5 heterocycles. The molecule has 5 nitrogen and oxygen atoms in total. The van der Waals surface area contributed by atoms with Crippen LogP contribution < -0.4 is 42.9 Å². The van der Waals surface area contributed by atoms with Gasteiger partial charge < -0.3 is 43.1 Å². The molecule has 4 aliphatic heterocycles. The average molecular weight is 591 g/mol. The molecule has 2 atom stereocenters. The van der Waals surface area contributed by atoms with Crippen molar-refractivity contribution < 1.29 is 42.8 Å². The molecule has 0 radical (unpaired) electrons. The number of halogens is 1. The zero-order chi connectivity index (χ0) is 21.4. The van der Waals surface area contributed by atoms with Crippen LogP contribution in [0.4, 0.5) is 5.69 Å². The maximum atomic E-state index is 6.72. The van der Waals surface area contributed by atoms with Crippen molar-refractivity contribution in [3.8, 4) is 11.5 Å². The molecule has 2 unspecified atom stereocenters. The molecule has 0 bridgehead atoms. The first-order chi connectivity index (χ1) is 15.7. The first-order valence-corrected chi connectivity index (χ1v) is 12.6. The minimum atomic E-state index is 0. The quantitative estimate of drug-likeness (QED) is 0.337. The predicted octanol–water partition coefficient (Wildman–Crippen LogP) is 1.99. The number of thiazole rings is 1. The number of hydrogen-bond donors (Lipinski definition) is 0. The van der Waals surface area contributed by atoms with E-state index in [-0.39, 0.29) is 36.2 Å². The van der Waals surface area contributed by atoms with E-state index in [4.69, 9.17) is 14.2 Å². The standard InChI is InChI=1S/C25H23N2O3S2.HI/c1-28-14-3-5-22-18(11-14)26-9-7-20-16(24(26)31-22)13-17-21(30-20)8-10-27-19-12-15(29-2)4-6-23(19)32-25(17)27;/h3-6,11-13,20-21H,7-10H2,1-2H3;1H/q+1;/p-1. The van der Waals surface area contributed by atoms with Gasteiger partial charge in [0.1, 0.15) is 16.2 Å². The van der Waals surface area contributed by atoms with Crippen molar-refractivity contribution in [2.45, 2.75) is 36.5 Å². The van der Waals surface area contributed by atoms with Gasteiger partial charge in [0.2, 0.25) is 5.52 Å². The van der Waals surface area contributed by atoms with Gasteiger partial charge in [0, 0.05) is 29.5 Å². The Morgan fingerprint density at radius 2 is 1.85 bits per heavy atom. The first-order valence-electron chi connectivity index (χ1n) is 11.0. The van der Waals surface area contributed by atoms with Gasteiger partial charge in [0.25, 0.3) is 5.01 Å². The van der Waals surface area contributed by atoms with E-state index >= 15 is 0 Å². The highest BCUT2D eigenvalue weighted by Gasteiger charge is 2.43. The van der Waals surface area contributed by atoms with Crippen LogP contribution in [-0.4, -0.2) is 33.0 Å². The van der Waals surface area contributed by atoms with Crippen LogP contribution in [0.3, 0.4) is 0 Å². The maximum absolute atomic E-state index is 6.72. The smallest absolute Gasteiger partial charge is 0.268 e. The maximum Gasteiger partial charge on any atom is 0.268 e. The Labute approximate surface area is 218 Å². The molecule has 170 valence electrons. The topological polar surface area (TPSA) is 34.8 Å². The van der Waals surface area contributed by atoms with E-state index in [0.717, 1.165) is 37.4 Å². The Morgan fingerprint density at radius 1 is 1.03 bits per heavy atom. The number of nitrogens with zero attached hydrogens (tertiary/aromatic N) is 2. The number of rotatable bonds is 2. The van der Waals surface area contributed by atoms with E-state index in [1.54, 1.807) is 14.2 Å². The highest BCUT2D eigenvalue weighted by Crippen LogP contribution is 2.53. The fraction of sp³-hybridized carbons (Fsp3) is 0.320. The normalized spacial score (nSPS) is 22.5. The second kappa shape index (κ2) is 8.18. The molecule has 0 saturated heterocycles. The van der Waals surface area contributed by atoms with E-state index < -0.39 is 0 Å². The van der Waals surface area contributed by atoms with Crippen LogP contribution in [-0.2, 0) is 11.3 Å². The Morgan fingerprint density at radius 3 is 2.70 bits per heavy atom. The monoisotopic (exact) mass is 590 g/mol. The molecule has 0 spiro atoms. The molecule has 33 heavy (non-hydrogen) atoms. The summed E-state index contributed by atoms with van der Waals surface area (Å²) in [7, 11) is 3.46. The summed E-state index contributed by atoms with van der Waals surface area (Å²) in [4.78, 5) is 3.74. The summed E-state index contributed by atoms with van der Waals surface area (Å²) in [6.45, 7) is 1.96. The van der Waals surface area contributed by atoms with Crippen molar-refractivity contribution in [2.24, 2.45) is 0 Å². The fourth-order valence-corrected chi connectivity index (χ4v) is 7.74. The van der Waals surface area contributed by atoms with E-state index in [1.807, 2.05) is 35.2 Å². The highest BCUT2D eigenvalue weighted by atomic mass is 127. The number of hydrogen-bond acceptors (Lipinski definition) is 6. The molecular formula is C25H23IN2O3S2. The van der Waals surface area contributed by atoms with E-state index in [2.05, 4.69) is 39.8 Å². The summed E-state index contributed by atoms with van der Waals surface area (Å²) in [5, 5.41) is 2.63. The molecule has 0 aliphatic carbocycles. The molecule has 4 aliphatic rings. The van der Waals surface area contributed by atoms with E-state index in [9.17, 15) is 0 Å². The molecule has 8 heteroatoms. The summed E-state index contributed by atoms with van der Waals surface area (Å²) in [5.74, 6) is 1.81. The van der Waals surface area contributed by atoms with Gasteiger partial charge in [-0.25, -0.2) is 0 Å². The molecule has 1 aromatic heterocycles. The van der Waals surface area contributed by atoms with E-state index in [1.165, 1.54) is 42.0 Å². The molecule has 0 saturated carbocycles. The van der Waals surface area contributed by atoms with Gasteiger partial charge in [-0.2, -0.15) is 4.57 Å². The Kier molecular flexibility index (Phi) is 5.39. The third kappa shape index (κ3) is 3.25.